The summed E-state index contributed by atoms with van der Waals surface area (Å²) in [5.74, 6) is -0.260. The molecule has 1 atom stereocenters. The highest BCUT2D eigenvalue weighted by atomic mass is 32.2. The van der Waals surface area contributed by atoms with Crippen LogP contribution in [0.15, 0.2) is 24.3 Å². The van der Waals surface area contributed by atoms with Crippen molar-refractivity contribution in [3.8, 4) is 0 Å². The molecule has 0 aliphatic carbocycles. The Kier molecular flexibility index (Phi) is 4.04. The molecule has 7 heteroatoms. The van der Waals surface area contributed by atoms with E-state index in [4.69, 9.17) is 0 Å². The Bertz CT molecular complexity index is 574. The molecule has 1 unspecified atom stereocenters. The first kappa shape index (κ1) is 13.8. The van der Waals surface area contributed by atoms with Crippen LogP contribution >= 0.6 is 0 Å². The fraction of sp³-hybridized carbons (Fsp3) is 0.417. The van der Waals surface area contributed by atoms with Gasteiger partial charge in [-0.3, -0.25) is 0 Å². The minimum atomic E-state index is -3.01. The van der Waals surface area contributed by atoms with Gasteiger partial charge in [0.15, 0.2) is 9.84 Å². The Balaban J connectivity index is 1.79. The number of halogens is 1. The molecular weight excluding hydrogens is 271 g/mol. The number of carbonyl (C=O) groups is 1. The van der Waals surface area contributed by atoms with Crippen LogP contribution in [0, 0.1) is 5.82 Å². The Hall–Kier alpha value is -1.63. The Morgan fingerprint density at radius 1 is 1.42 bits per heavy atom. The number of hydrogen-bond acceptors (Lipinski definition) is 3. The summed E-state index contributed by atoms with van der Waals surface area (Å²) in [5.41, 5.74) is 0.647. The van der Waals surface area contributed by atoms with E-state index in [0.717, 1.165) is 0 Å². The molecule has 0 spiro atoms. The summed E-state index contributed by atoms with van der Waals surface area (Å²) in [7, 11) is -3.01. The molecule has 1 aliphatic heterocycles. The van der Waals surface area contributed by atoms with Crippen molar-refractivity contribution in [1.29, 1.82) is 0 Å². The largest absolute Gasteiger partial charge is 0.334 e. The zero-order valence-corrected chi connectivity index (χ0v) is 11.0. The van der Waals surface area contributed by atoms with Crippen molar-refractivity contribution in [3.63, 3.8) is 0 Å². The molecule has 1 saturated heterocycles. The average Bonchev–Trinajstić information content (AvgIpc) is 2.66. The number of urea groups is 1. The lowest BCUT2D eigenvalue weighted by molar-refractivity contribution is 0.237. The third-order valence-electron chi connectivity index (χ3n) is 2.91. The van der Waals surface area contributed by atoms with Crippen LogP contribution in [0.2, 0.25) is 0 Å². The lowest BCUT2D eigenvalue weighted by Crippen LogP contribution is -2.42. The molecule has 5 nitrogen and oxygen atoms in total. The minimum Gasteiger partial charge on any atom is -0.334 e. The van der Waals surface area contributed by atoms with Crippen LogP contribution in [0.1, 0.15) is 12.0 Å². The SMILES string of the molecule is O=C(NCc1cccc(F)c1)NC1CCS(=O)(=O)C1. The van der Waals surface area contributed by atoms with Crippen molar-refractivity contribution in [2.24, 2.45) is 0 Å². The van der Waals surface area contributed by atoms with Gasteiger partial charge in [-0.1, -0.05) is 12.1 Å². The molecule has 0 aromatic heterocycles. The highest BCUT2D eigenvalue weighted by molar-refractivity contribution is 7.91. The first-order chi connectivity index (χ1) is 8.94. The molecule has 2 rings (SSSR count). The lowest BCUT2D eigenvalue weighted by atomic mass is 10.2. The highest BCUT2D eigenvalue weighted by Crippen LogP contribution is 2.11. The van der Waals surface area contributed by atoms with E-state index >= 15 is 0 Å². The maximum atomic E-state index is 12.9. The molecular formula is C12H15FN2O3S. The summed E-state index contributed by atoms with van der Waals surface area (Å²) >= 11 is 0. The Labute approximate surface area is 111 Å². The van der Waals surface area contributed by atoms with Crippen molar-refractivity contribution in [3.05, 3.63) is 35.6 Å². The van der Waals surface area contributed by atoms with Crippen molar-refractivity contribution in [1.82, 2.24) is 10.6 Å². The van der Waals surface area contributed by atoms with E-state index < -0.39 is 15.9 Å². The molecule has 19 heavy (non-hydrogen) atoms. The van der Waals surface area contributed by atoms with E-state index in [9.17, 15) is 17.6 Å². The van der Waals surface area contributed by atoms with Crippen LogP contribution in [0.5, 0.6) is 0 Å². The first-order valence-electron chi connectivity index (χ1n) is 5.94. The zero-order valence-electron chi connectivity index (χ0n) is 10.2. The molecule has 1 aromatic carbocycles. The highest BCUT2D eigenvalue weighted by Gasteiger charge is 2.28. The smallest absolute Gasteiger partial charge is 0.315 e. The molecule has 1 heterocycles. The van der Waals surface area contributed by atoms with E-state index in [1.165, 1.54) is 12.1 Å². The zero-order chi connectivity index (χ0) is 13.9. The fourth-order valence-electron chi connectivity index (χ4n) is 1.97. The normalized spacial score (nSPS) is 21.0. The molecule has 1 aromatic rings. The third kappa shape index (κ3) is 4.20. The quantitative estimate of drug-likeness (QED) is 0.863. The number of sulfone groups is 1. The summed E-state index contributed by atoms with van der Waals surface area (Å²) in [6, 6.07) is 5.15. The number of amides is 2. The second kappa shape index (κ2) is 5.56. The van der Waals surface area contributed by atoms with Gasteiger partial charge in [-0.05, 0) is 24.1 Å². The summed E-state index contributed by atoms with van der Waals surface area (Å²) in [6.45, 7) is 0.197. The maximum absolute atomic E-state index is 12.9. The van der Waals surface area contributed by atoms with Gasteiger partial charge in [0.25, 0.3) is 0 Å². The molecule has 2 N–H and O–H groups in total. The van der Waals surface area contributed by atoms with E-state index in [-0.39, 0.29) is 29.9 Å². The summed E-state index contributed by atoms with van der Waals surface area (Å²) in [5, 5.41) is 5.17. The minimum absolute atomic E-state index is 0.0135. The molecule has 104 valence electrons. The van der Waals surface area contributed by atoms with Gasteiger partial charge in [0.1, 0.15) is 5.82 Å². The number of rotatable bonds is 3. The fourth-order valence-corrected chi connectivity index (χ4v) is 3.65. The second-order valence-electron chi connectivity index (χ2n) is 4.56. The summed E-state index contributed by atoms with van der Waals surface area (Å²) in [6.07, 6.45) is 0.440. The van der Waals surface area contributed by atoms with Crippen LogP contribution < -0.4 is 10.6 Å². The summed E-state index contributed by atoms with van der Waals surface area (Å²) in [4.78, 5) is 11.6. The molecule has 1 aliphatic rings. The maximum Gasteiger partial charge on any atom is 0.315 e. The molecule has 1 fully saturated rings. The van der Waals surface area contributed by atoms with Gasteiger partial charge < -0.3 is 10.6 Å². The second-order valence-corrected chi connectivity index (χ2v) is 6.79. The van der Waals surface area contributed by atoms with Crippen molar-refractivity contribution < 1.29 is 17.6 Å². The van der Waals surface area contributed by atoms with E-state index in [2.05, 4.69) is 10.6 Å². The van der Waals surface area contributed by atoms with Crippen molar-refractivity contribution >= 4 is 15.9 Å². The Morgan fingerprint density at radius 2 is 2.21 bits per heavy atom. The van der Waals surface area contributed by atoms with Crippen LogP contribution in [0.25, 0.3) is 0 Å². The number of benzene rings is 1. The van der Waals surface area contributed by atoms with Gasteiger partial charge in [-0.25, -0.2) is 17.6 Å². The molecule has 0 bridgehead atoms. The molecule has 0 radical (unpaired) electrons. The molecule has 0 saturated carbocycles. The van der Waals surface area contributed by atoms with E-state index in [0.29, 0.717) is 12.0 Å². The van der Waals surface area contributed by atoms with Gasteiger partial charge in [0.05, 0.1) is 11.5 Å². The third-order valence-corrected chi connectivity index (χ3v) is 4.68. The van der Waals surface area contributed by atoms with Gasteiger partial charge in [-0.2, -0.15) is 0 Å². The topological polar surface area (TPSA) is 75.3 Å². The standard InChI is InChI=1S/C12H15FN2O3S/c13-10-3-1-2-9(6-10)7-14-12(16)15-11-4-5-19(17,18)8-11/h1-3,6,11H,4-5,7-8H2,(H2,14,15,16). The van der Waals surface area contributed by atoms with Gasteiger partial charge in [-0.15, -0.1) is 0 Å². The van der Waals surface area contributed by atoms with E-state index in [1.54, 1.807) is 12.1 Å². The monoisotopic (exact) mass is 286 g/mol. The first-order valence-corrected chi connectivity index (χ1v) is 7.76. The summed E-state index contributed by atoms with van der Waals surface area (Å²) < 4.78 is 35.4. The number of nitrogens with one attached hydrogen (secondary N) is 2. The van der Waals surface area contributed by atoms with Crippen molar-refractivity contribution in [2.75, 3.05) is 11.5 Å². The van der Waals surface area contributed by atoms with Crippen LogP contribution in [0.4, 0.5) is 9.18 Å². The molecule has 2 amide bonds. The number of hydrogen-bond donors (Lipinski definition) is 2. The van der Waals surface area contributed by atoms with Crippen LogP contribution in [0.3, 0.4) is 0 Å². The van der Waals surface area contributed by atoms with Gasteiger partial charge in [0.2, 0.25) is 0 Å². The van der Waals surface area contributed by atoms with Crippen LogP contribution in [-0.2, 0) is 16.4 Å². The van der Waals surface area contributed by atoms with Gasteiger partial charge in [0, 0.05) is 12.6 Å². The van der Waals surface area contributed by atoms with Crippen molar-refractivity contribution in [2.45, 2.75) is 19.0 Å². The predicted octanol–water partition coefficient (Wildman–Crippen LogP) is 0.812. The predicted molar refractivity (Wildman–Crippen MR) is 68.8 cm³/mol. The van der Waals surface area contributed by atoms with Gasteiger partial charge >= 0.3 is 6.03 Å². The van der Waals surface area contributed by atoms with Crippen LogP contribution in [-0.4, -0.2) is 32.0 Å². The van der Waals surface area contributed by atoms with E-state index in [1.807, 2.05) is 0 Å². The average molecular weight is 286 g/mol. The number of carbonyl (C=O) groups excluding carboxylic acids is 1. The lowest BCUT2D eigenvalue weighted by Gasteiger charge is -2.12. The Morgan fingerprint density at radius 3 is 2.84 bits per heavy atom.